The lowest BCUT2D eigenvalue weighted by atomic mass is 9.61. The summed E-state index contributed by atoms with van der Waals surface area (Å²) in [5, 5.41) is 20.3. The molecule has 5 heteroatoms. The standard InChI is InChI=1S/C28H43F2NO2/c1-18(10-13-31-14-11-22(17-31)27(29)30)23-8-9-24-21(5-4-12-28(23,24)3)7-6-20-15-25(32)19(2)26(33)16-20/h6-7,18,22-27,32-33H,2,4-5,8-17H2,1,3H3/b21-7+/t18?,22-,23-,24+,25-,26-,28-/m1/s1. The highest BCUT2D eigenvalue weighted by atomic mass is 19.3. The van der Waals surface area contributed by atoms with Gasteiger partial charge < -0.3 is 15.1 Å². The van der Waals surface area contributed by atoms with Crippen LogP contribution in [0.5, 0.6) is 0 Å². The topological polar surface area (TPSA) is 43.7 Å². The molecular weight excluding hydrogens is 420 g/mol. The van der Waals surface area contributed by atoms with E-state index >= 15 is 0 Å². The Morgan fingerprint density at radius 3 is 2.55 bits per heavy atom. The van der Waals surface area contributed by atoms with E-state index in [-0.39, 0.29) is 0 Å². The highest BCUT2D eigenvalue weighted by molar-refractivity contribution is 5.29. The van der Waals surface area contributed by atoms with Gasteiger partial charge in [-0.05, 0) is 99.6 Å². The average Bonchev–Trinajstić information content (AvgIpc) is 3.39. The molecule has 1 heterocycles. The fourth-order valence-electron chi connectivity index (χ4n) is 7.50. The summed E-state index contributed by atoms with van der Waals surface area (Å²) in [6.07, 6.45) is 10.0. The van der Waals surface area contributed by atoms with Crippen molar-refractivity contribution in [3.8, 4) is 0 Å². The first kappa shape index (κ1) is 25.1. The average molecular weight is 464 g/mol. The van der Waals surface area contributed by atoms with Crippen molar-refractivity contribution >= 4 is 0 Å². The zero-order chi connectivity index (χ0) is 23.8. The Bertz CT molecular complexity index is 762. The Morgan fingerprint density at radius 2 is 1.88 bits per heavy atom. The number of halogens is 2. The molecule has 1 saturated heterocycles. The number of aliphatic hydroxyl groups excluding tert-OH is 2. The van der Waals surface area contributed by atoms with Gasteiger partial charge >= 0.3 is 0 Å². The van der Waals surface area contributed by atoms with Gasteiger partial charge in [0.2, 0.25) is 6.43 Å². The van der Waals surface area contributed by atoms with Crippen LogP contribution >= 0.6 is 0 Å². The maximum Gasteiger partial charge on any atom is 0.242 e. The number of aliphatic hydroxyl groups is 2. The maximum atomic E-state index is 13.0. The number of nitrogens with zero attached hydrogens (tertiary/aromatic N) is 1. The van der Waals surface area contributed by atoms with E-state index in [0.717, 1.165) is 31.5 Å². The zero-order valence-electron chi connectivity index (χ0n) is 20.5. The van der Waals surface area contributed by atoms with E-state index in [1.165, 1.54) is 25.7 Å². The number of hydrogen-bond donors (Lipinski definition) is 2. The van der Waals surface area contributed by atoms with Crippen LogP contribution in [0.1, 0.15) is 71.6 Å². The van der Waals surface area contributed by atoms with E-state index in [1.807, 2.05) is 0 Å². The number of hydrogen-bond acceptors (Lipinski definition) is 3. The molecule has 0 radical (unpaired) electrons. The van der Waals surface area contributed by atoms with Gasteiger partial charge in [0.1, 0.15) is 0 Å². The molecule has 3 nitrogen and oxygen atoms in total. The molecule has 1 unspecified atom stereocenters. The van der Waals surface area contributed by atoms with Crippen molar-refractivity contribution in [2.45, 2.75) is 90.3 Å². The molecule has 2 N–H and O–H groups in total. The van der Waals surface area contributed by atoms with Crippen molar-refractivity contribution in [3.05, 3.63) is 35.5 Å². The molecule has 0 aromatic heterocycles. The second kappa shape index (κ2) is 10.3. The molecular formula is C28H43F2NO2. The van der Waals surface area contributed by atoms with Gasteiger partial charge in [0.15, 0.2) is 0 Å². The van der Waals surface area contributed by atoms with Crippen molar-refractivity contribution in [1.29, 1.82) is 0 Å². The molecule has 0 aromatic carbocycles. The summed E-state index contributed by atoms with van der Waals surface area (Å²) < 4.78 is 26.0. The molecule has 33 heavy (non-hydrogen) atoms. The third-order valence-corrected chi connectivity index (χ3v) is 9.59. The van der Waals surface area contributed by atoms with Gasteiger partial charge in [-0.2, -0.15) is 0 Å². The van der Waals surface area contributed by atoms with Crippen molar-refractivity contribution < 1.29 is 19.0 Å². The predicted octanol–water partition coefficient (Wildman–Crippen LogP) is 5.74. The van der Waals surface area contributed by atoms with Crippen molar-refractivity contribution in [3.63, 3.8) is 0 Å². The first-order valence-corrected chi connectivity index (χ1v) is 13.1. The molecule has 1 aliphatic heterocycles. The Hall–Kier alpha value is -1.04. The van der Waals surface area contributed by atoms with Crippen molar-refractivity contribution in [1.82, 2.24) is 4.90 Å². The van der Waals surface area contributed by atoms with Gasteiger partial charge in [-0.25, -0.2) is 8.78 Å². The minimum Gasteiger partial charge on any atom is -0.388 e. The second-order valence-electron chi connectivity index (χ2n) is 11.6. The number of likely N-dealkylation sites (tertiary alicyclic amines) is 1. The molecule has 7 atom stereocenters. The highest BCUT2D eigenvalue weighted by Crippen LogP contribution is 2.59. The van der Waals surface area contributed by atoms with Gasteiger partial charge in [0.25, 0.3) is 0 Å². The van der Waals surface area contributed by atoms with Crippen LogP contribution in [0.4, 0.5) is 8.78 Å². The molecule has 0 bridgehead atoms. The predicted molar refractivity (Wildman–Crippen MR) is 129 cm³/mol. The van der Waals surface area contributed by atoms with Crippen LogP contribution in [0, 0.1) is 29.1 Å². The molecule has 3 aliphatic carbocycles. The molecule has 0 aromatic rings. The van der Waals surface area contributed by atoms with E-state index in [0.29, 0.717) is 54.5 Å². The Morgan fingerprint density at radius 1 is 1.15 bits per heavy atom. The third-order valence-electron chi connectivity index (χ3n) is 9.59. The normalized spacial score (nSPS) is 40.0. The van der Waals surface area contributed by atoms with Crippen LogP contribution in [0.2, 0.25) is 0 Å². The van der Waals surface area contributed by atoms with Gasteiger partial charge in [-0.15, -0.1) is 0 Å². The number of alkyl halides is 2. The SMILES string of the molecule is C=C1[C@H](O)CC(=C/C=C2\CCC[C@]3(C)[C@@H](C(C)CCN4CC[C@@H](C(F)F)C4)CC[C@@H]23)C[C@H]1O. The zero-order valence-corrected chi connectivity index (χ0v) is 20.5. The largest absolute Gasteiger partial charge is 0.388 e. The summed E-state index contributed by atoms with van der Waals surface area (Å²) >= 11 is 0. The van der Waals surface area contributed by atoms with E-state index in [9.17, 15) is 19.0 Å². The number of rotatable bonds is 6. The Kier molecular flexibility index (Phi) is 7.82. The maximum absolute atomic E-state index is 13.0. The quantitative estimate of drug-likeness (QED) is 0.494. The van der Waals surface area contributed by atoms with Crippen LogP contribution in [0.15, 0.2) is 35.5 Å². The van der Waals surface area contributed by atoms with E-state index in [1.54, 1.807) is 5.57 Å². The molecule has 4 aliphatic rings. The monoisotopic (exact) mass is 463 g/mol. The molecule has 0 amide bonds. The van der Waals surface area contributed by atoms with Crippen molar-refractivity contribution in [2.24, 2.45) is 29.1 Å². The first-order valence-electron chi connectivity index (χ1n) is 13.1. The Balaban J connectivity index is 1.37. The molecule has 3 saturated carbocycles. The highest BCUT2D eigenvalue weighted by Gasteiger charge is 2.50. The third kappa shape index (κ3) is 5.31. The van der Waals surface area contributed by atoms with Crippen LogP contribution in [0.3, 0.4) is 0 Å². The Labute approximate surface area is 198 Å². The van der Waals surface area contributed by atoms with Gasteiger partial charge in [0.05, 0.1) is 12.2 Å². The van der Waals surface area contributed by atoms with Crippen LogP contribution in [0.25, 0.3) is 0 Å². The van der Waals surface area contributed by atoms with Gasteiger partial charge in [-0.1, -0.05) is 43.7 Å². The number of fused-ring (bicyclic) bond motifs is 1. The molecule has 4 rings (SSSR count). The molecule has 0 spiro atoms. The fourth-order valence-corrected chi connectivity index (χ4v) is 7.50. The van der Waals surface area contributed by atoms with Crippen LogP contribution in [-0.4, -0.2) is 53.4 Å². The fraction of sp³-hybridized carbons (Fsp3) is 0.786. The molecule has 186 valence electrons. The van der Waals surface area contributed by atoms with E-state index in [4.69, 9.17) is 0 Å². The minimum atomic E-state index is -2.18. The smallest absolute Gasteiger partial charge is 0.242 e. The van der Waals surface area contributed by atoms with Gasteiger partial charge in [0, 0.05) is 12.5 Å². The first-order chi connectivity index (χ1) is 15.7. The van der Waals surface area contributed by atoms with Crippen LogP contribution in [-0.2, 0) is 0 Å². The van der Waals surface area contributed by atoms with E-state index in [2.05, 4.69) is 37.5 Å². The summed E-state index contributed by atoms with van der Waals surface area (Å²) in [4.78, 5) is 2.25. The lowest BCUT2D eigenvalue weighted by Crippen LogP contribution is -2.37. The summed E-state index contributed by atoms with van der Waals surface area (Å²) in [7, 11) is 0. The lowest BCUT2D eigenvalue weighted by molar-refractivity contribution is 0.0763. The summed E-state index contributed by atoms with van der Waals surface area (Å²) in [6.45, 7) is 11.0. The summed E-state index contributed by atoms with van der Waals surface area (Å²) in [5.41, 5.74) is 3.51. The summed E-state index contributed by atoms with van der Waals surface area (Å²) in [6, 6.07) is 0. The summed E-state index contributed by atoms with van der Waals surface area (Å²) in [5.74, 6) is 1.48. The van der Waals surface area contributed by atoms with E-state index < -0.39 is 24.6 Å². The lowest BCUT2D eigenvalue weighted by Gasteiger charge is -2.44. The van der Waals surface area contributed by atoms with Crippen LogP contribution < -0.4 is 0 Å². The minimum absolute atomic E-state index is 0.318. The second-order valence-corrected chi connectivity index (χ2v) is 11.6. The molecule has 4 fully saturated rings. The van der Waals surface area contributed by atoms with Gasteiger partial charge in [-0.3, -0.25) is 0 Å². The van der Waals surface area contributed by atoms with Crippen molar-refractivity contribution in [2.75, 3.05) is 19.6 Å². The number of allylic oxidation sites excluding steroid dienone is 3.